The van der Waals surface area contributed by atoms with Gasteiger partial charge in [0, 0.05) is 52.1 Å². The second-order valence-corrected chi connectivity index (χ2v) is 12.3. The molecule has 6 atom stereocenters. The molecule has 1 heterocycles. The molecule has 254 valence electrons. The maximum atomic E-state index is 13.9. The summed E-state index contributed by atoms with van der Waals surface area (Å²) >= 11 is 0. The molecule has 1 amide bonds. The average Bonchev–Trinajstić information content (AvgIpc) is 3.07. The van der Waals surface area contributed by atoms with Crippen molar-refractivity contribution in [2.24, 2.45) is 5.11 Å². The summed E-state index contributed by atoms with van der Waals surface area (Å²) in [6, 6.07) is 9.25. The van der Waals surface area contributed by atoms with Gasteiger partial charge in [0.15, 0.2) is 17.9 Å². The summed E-state index contributed by atoms with van der Waals surface area (Å²) in [6.45, 7) is 2.69. The molecule has 3 aromatic rings. The molecule has 0 unspecified atom stereocenters. The van der Waals surface area contributed by atoms with Crippen LogP contribution in [0.1, 0.15) is 86.1 Å². The maximum absolute atomic E-state index is 13.9. The quantitative estimate of drug-likeness (QED) is 0.0825. The van der Waals surface area contributed by atoms with Gasteiger partial charge in [0.05, 0.1) is 42.0 Å². The van der Waals surface area contributed by atoms with Gasteiger partial charge in [-0.2, -0.15) is 0 Å². The van der Waals surface area contributed by atoms with Crippen molar-refractivity contribution >= 4 is 28.9 Å². The third-order valence-electron chi connectivity index (χ3n) is 9.36. The highest BCUT2D eigenvalue weighted by Crippen LogP contribution is 2.52. The van der Waals surface area contributed by atoms with Gasteiger partial charge >= 0.3 is 0 Å². The Bertz CT molecular complexity index is 1960. The van der Waals surface area contributed by atoms with Crippen LogP contribution in [0.25, 0.3) is 10.4 Å². The number of benzene rings is 3. The molecular formula is C34H32N4O11. The van der Waals surface area contributed by atoms with Crippen molar-refractivity contribution in [2.75, 3.05) is 7.11 Å². The predicted molar refractivity (Wildman–Crippen MR) is 169 cm³/mol. The number of aliphatic hydroxyl groups is 2. The van der Waals surface area contributed by atoms with Crippen LogP contribution in [-0.2, 0) is 20.7 Å². The number of aliphatic hydroxyl groups excluding tert-OH is 1. The molecule has 15 heteroatoms. The van der Waals surface area contributed by atoms with E-state index < -0.39 is 95.0 Å². The number of amides is 1. The molecule has 2 aliphatic carbocycles. The number of hydrogen-bond donors (Lipinski definition) is 5. The van der Waals surface area contributed by atoms with Crippen molar-refractivity contribution < 1.29 is 53.8 Å². The minimum atomic E-state index is -2.10. The molecule has 0 saturated carbocycles. The van der Waals surface area contributed by atoms with Crippen LogP contribution in [0, 0.1) is 0 Å². The number of nitrogens with zero attached hydrogens (tertiary/aromatic N) is 3. The standard InChI is InChI=1S/C34H32N4O11/c1-14-28(40)20(36-33(45)16-7-9-17(10-8-16)37-38-35)11-23(48-14)49-22-13-34(46,15(2)39)12-19-25(22)32(44)27-26(30(19)42)29(41)18-5-4-6-21(47-3)24(18)31(27)43/h4-10,14,20,22-23,28,40,42,44,46H,11-13H2,1-3H3,(H,36,45)/t14-,20-,22-,23-,28+,34-/m0/s1. The van der Waals surface area contributed by atoms with Crippen molar-refractivity contribution in [1.82, 2.24) is 5.32 Å². The molecule has 3 aromatic carbocycles. The van der Waals surface area contributed by atoms with Gasteiger partial charge in [-0.25, -0.2) is 0 Å². The van der Waals surface area contributed by atoms with Crippen LogP contribution in [0.15, 0.2) is 47.6 Å². The summed E-state index contributed by atoms with van der Waals surface area (Å²) in [5, 5.41) is 51.8. The molecule has 1 fully saturated rings. The van der Waals surface area contributed by atoms with Crippen LogP contribution in [0.3, 0.4) is 0 Å². The zero-order valence-electron chi connectivity index (χ0n) is 26.5. The smallest absolute Gasteiger partial charge is 0.251 e. The molecule has 5 N–H and O–H groups in total. The van der Waals surface area contributed by atoms with Crippen LogP contribution < -0.4 is 10.1 Å². The molecule has 0 aromatic heterocycles. The summed E-state index contributed by atoms with van der Waals surface area (Å²) in [6.07, 6.45) is -5.67. The summed E-state index contributed by atoms with van der Waals surface area (Å²) in [7, 11) is 1.32. The van der Waals surface area contributed by atoms with Gasteiger partial charge in [0.25, 0.3) is 5.91 Å². The molecule has 0 radical (unpaired) electrons. The topological polar surface area (TPSA) is 238 Å². The van der Waals surface area contributed by atoms with E-state index in [4.69, 9.17) is 19.7 Å². The number of hydrogen-bond acceptors (Lipinski definition) is 12. The van der Waals surface area contributed by atoms with Crippen molar-refractivity contribution in [1.29, 1.82) is 0 Å². The summed E-state index contributed by atoms with van der Waals surface area (Å²) in [5.41, 5.74) is 5.64. The zero-order valence-corrected chi connectivity index (χ0v) is 26.5. The van der Waals surface area contributed by atoms with Gasteiger partial charge in [0.2, 0.25) is 5.78 Å². The van der Waals surface area contributed by atoms with Crippen LogP contribution >= 0.6 is 0 Å². The molecule has 1 saturated heterocycles. The first kappa shape index (κ1) is 33.6. The van der Waals surface area contributed by atoms with Crippen LogP contribution in [0.2, 0.25) is 0 Å². The highest BCUT2D eigenvalue weighted by atomic mass is 16.7. The van der Waals surface area contributed by atoms with Crippen molar-refractivity contribution in [3.05, 3.63) is 91.9 Å². The fourth-order valence-corrected chi connectivity index (χ4v) is 6.75. The Hall–Kier alpha value is -5.31. The Morgan fingerprint density at radius 3 is 2.41 bits per heavy atom. The molecule has 0 spiro atoms. The number of methoxy groups -OCH3 is 1. The first-order valence-electron chi connectivity index (χ1n) is 15.3. The fourth-order valence-electron chi connectivity index (χ4n) is 6.75. The lowest BCUT2D eigenvalue weighted by Crippen LogP contribution is -2.55. The number of ketones is 3. The number of carbonyl (C=O) groups excluding carboxylic acids is 4. The monoisotopic (exact) mass is 672 g/mol. The van der Waals surface area contributed by atoms with E-state index in [2.05, 4.69) is 15.3 Å². The first-order chi connectivity index (χ1) is 23.3. The normalized spacial score (nSPS) is 25.7. The third-order valence-corrected chi connectivity index (χ3v) is 9.36. The summed E-state index contributed by atoms with van der Waals surface area (Å²) < 4.78 is 17.4. The number of phenols is 2. The van der Waals surface area contributed by atoms with E-state index in [1.165, 1.54) is 49.6 Å². The minimum Gasteiger partial charge on any atom is -0.507 e. The number of nitrogens with one attached hydrogen (secondary N) is 1. The highest BCUT2D eigenvalue weighted by molar-refractivity contribution is 6.31. The van der Waals surface area contributed by atoms with E-state index in [0.717, 1.165) is 6.92 Å². The Labute approximate surface area is 278 Å². The lowest BCUT2D eigenvalue weighted by molar-refractivity contribution is -0.248. The number of fused-ring (bicyclic) bond motifs is 3. The third kappa shape index (κ3) is 5.67. The van der Waals surface area contributed by atoms with Crippen molar-refractivity contribution in [2.45, 2.75) is 69.4 Å². The average molecular weight is 673 g/mol. The fraction of sp³-hybridized carbons (Fsp3) is 0.353. The Morgan fingerprint density at radius 1 is 1.06 bits per heavy atom. The van der Waals surface area contributed by atoms with E-state index in [1.807, 2.05) is 0 Å². The zero-order chi connectivity index (χ0) is 35.4. The first-order valence-corrected chi connectivity index (χ1v) is 15.3. The summed E-state index contributed by atoms with van der Waals surface area (Å²) in [4.78, 5) is 56.0. The molecule has 3 aliphatic rings. The van der Waals surface area contributed by atoms with Gasteiger partial charge in [-0.1, -0.05) is 29.4 Å². The van der Waals surface area contributed by atoms with Gasteiger partial charge in [-0.15, -0.1) is 0 Å². The Balaban J connectivity index is 1.36. The van der Waals surface area contributed by atoms with Gasteiger partial charge in [-0.05, 0) is 37.6 Å². The van der Waals surface area contributed by atoms with Crippen molar-refractivity contribution in [3.63, 3.8) is 0 Å². The second-order valence-electron chi connectivity index (χ2n) is 12.3. The van der Waals surface area contributed by atoms with Gasteiger partial charge < -0.3 is 40.0 Å². The molecular weight excluding hydrogens is 640 g/mol. The lowest BCUT2D eigenvalue weighted by atomic mass is 9.72. The van der Waals surface area contributed by atoms with Crippen LogP contribution in [0.5, 0.6) is 17.2 Å². The SMILES string of the molecule is COc1cccc2c1C(=O)c1c(O)c3c(c(O)c1C2=O)C[C@@](O)(C(C)=O)C[C@@H]3O[C@H]1C[C@H](NC(=O)c2ccc(N=[N+]=[N-])cc2)[C@H](O)[C@H](C)O1. The molecule has 1 aliphatic heterocycles. The molecule has 49 heavy (non-hydrogen) atoms. The largest absolute Gasteiger partial charge is 0.507 e. The molecule has 0 bridgehead atoms. The van der Waals surface area contributed by atoms with E-state index in [9.17, 15) is 39.6 Å². The number of carbonyl (C=O) groups is 4. The number of azide groups is 1. The van der Waals surface area contributed by atoms with E-state index >= 15 is 0 Å². The number of phenolic OH excluding ortho intramolecular Hbond substituents is 2. The van der Waals surface area contributed by atoms with Crippen LogP contribution in [-0.4, -0.2) is 80.9 Å². The Kier molecular flexibility index (Phi) is 8.65. The Morgan fingerprint density at radius 2 is 1.76 bits per heavy atom. The maximum Gasteiger partial charge on any atom is 0.251 e. The molecule has 15 nitrogen and oxygen atoms in total. The lowest BCUT2D eigenvalue weighted by Gasteiger charge is -2.42. The van der Waals surface area contributed by atoms with Crippen LogP contribution in [0.4, 0.5) is 5.69 Å². The van der Waals surface area contributed by atoms with Gasteiger partial charge in [-0.3, -0.25) is 19.2 Å². The summed E-state index contributed by atoms with van der Waals surface area (Å²) in [5.74, 6) is -4.06. The highest BCUT2D eigenvalue weighted by Gasteiger charge is 2.49. The predicted octanol–water partition coefficient (Wildman–Crippen LogP) is 3.44. The van der Waals surface area contributed by atoms with E-state index in [-0.39, 0.29) is 40.0 Å². The number of ether oxygens (including phenoxy) is 3. The number of rotatable bonds is 7. The van der Waals surface area contributed by atoms with E-state index in [0.29, 0.717) is 5.69 Å². The van der Waals surface area contributed by atoms with E-state index in [1.54, 1.807) is 6.92 Å². The van der Waals surface area contributed by atoms with Crippen molar-refractivity contribution in [3.8, 4) is 17.2 Å². The van der Waals surface area contributed by atoms with Gasteiger partial charge in [0.1, 0.15) is 29.0 Å². The second kappa shape index (κ2) is 12.6. The molecule has 6 rings (SSSR count). The number of aromatic hydroxyl groups is 2. The minimum absolute atomic E-state index is 0.0557. The number of Topliss-reactive ketones (excluding diaryl/α,β-unsaturated/α-hetero) is 1.